The van der Waals surface area contributed by atoms with Crippen LogP contribution >= 0.6 is 0 Å². The van der Waals surface area contributed by atoms with Crippen molar-refractivity contribution in [2.45, 2.75) is 18.0 Å². The number of nitrogens with zero attached hydrogens (tertiary/aromatic N) is 3. The van der Waals surface area contributed by atoms with Gasteiger partial charge >= 0.3 is 18.0 Å². The quantitative estimate of drug-likeness (QED) is 0.797. The van der Waals surface area contributed by atoms with E-state index in [1.807, 2.05) is 0 Å². The van der Waals surface area contributed by atoms with Crippen LogP contribution in [-0.4, -0.2) is 27.1 Å². The Kier molecular flexibility index (Phi) is 3.00. The van der Waals surface area contributed by atoms with Gasteiger partial charge < -0.3 is 11.5 Å². The Labute approximate surface area is 94.0 Å². The monoisotopic (exact) mass is 279 g/mol. The zero-order valence-corrected chi connectivity index (χ0v) is 8.14. The van der Waals surface area contributed by atoms with Gasteiger partial charge in [0.1, 0.15) is 0 Å². The summed E-state index contributed by atoms with van der Waals surface area (Å²) in [6, 6.07) is 0. The molecule has 1 aromatic heterocycles. The van der Waals surface area contributed by atoms with E-state index in [-0.39, 0.29) is 0 Å². The van der Waals surface area contributed by atoms with Crippen molar-refractivity contribution in [3.05, 3.63) is 5.82 Å². The minimum atomic E-state index is -6.49. The van der Waals surface area contributed by atoms with Crippen LogP contribution in [0.5, 0.6) is 0 Å². The summed E-state index contributed by atoms with van der Waals surface area (Å²) in [7, 11) is 0. The third-order valence-corrected chi connectivity index (χ3v) is 1.70. The number of aromatic nitrogens is 3. The molecule has 0 aliphatic heterocycles. The Hall–Kier alpha value is -1.88. The third-order valence-electron chi connectivity index (χ3n) is 1.70. The molecule has 0 aliphatic rings. The van der Waals surface area contributed by atoms with Gasteiger partial charge in [-0.2, -0.15) is 45.7 Å². The molecule has 0 fully saturated rings. The molecule has 0 aromatic carbocycles. The summed E-state index contributed by atoms with van der Waals surface area (Å²) < 4.78 is 86.9. The molecular weight excluding hydrogens is 275 g/mol. The number of rotatable bonds is 2. The van der Waals surface area contributed by atoms with Crippen LogP contribution in [0.25, 0.3) is 0 Å². The fourth-order valence-corrected chi connectivity index (χ4v) is 0.868. The van der Waals surface area contributed by atoms with E-state index < -0.39 is 35.7 Å². The zero-order valence-electron chi connectivity index (χ0n) is 8.14. The Balaban J connectivity index is 3.37. The number of halogens is 7. The molecule has 0 atom stereocenters. The van der Waals surface area contributed by atoms with Crippen molar-refractivity contribution in [1.82, 2.24) is 15.0 Å². The van der Waals surface area contributed by atoms with E-state index in [4.69, 9.17) is 11.5 Å². The first kappa shape index (κ1) is 14.2. The van der Waals surface area contributed by atoms with E-state index in [1.54, 1.807) is 0 Å². The molecule has 4 N–H and O–H groups in total. The lowest BCUT2D eigenvalue weighted by Gasteiger charge is -2.26. The molecule has 0 saturated heterocycles. The SMILES string of the molecule is Nc1nc(N)nc(C(F)(F)C(F)(F)C(F)(F)F)n1. The molecule has 102 valence electrons. The van der Waals surface area contributed by atoms with Crippen molar-refractivity contribution in [3.8, 4) is 0 Å². The molecule has 1 heterocycles. The Morgan fingerprint density at radius 1 is 0.722 bits per heavy atom. The Morgan fingerprint density at radius 2 is 1.11 bits per heavy atom. The lowest BCUT2D eigenvalue weighted by Crippen LogP contribution is -2.50. The molecule has 0 aliphatic carbocycles. The van der Waals surface area contributed by atoms with Crippen molar-refractivity contribution in [2.24, 2.45) is 0 Å². The fraction of sp³-hybridized carbons (Fsp3) is 0.500. The summed E-state index contributed by atoms with van der Waals surface area (Å²) in [4.78, 5) is 8.03. The molecule has 0 bridgehead atoms. The number of alkyl halides is 7. The minimum absolute atomic E-state index is 1.00. The van der Waals surface area contributed by atoms with Crippen LogP contribution in [0, 0.1) is 0 Å². The van der Waals surface area contributed by atoms with Gasteiger partial charge in [0.05, 0.1) is 0 Å². The van der Waals surface area contributed by atoms with Crippen molar-refractivity contribution < 1.29 is 30.7 Å². The molecule has 5 nitrogen and oxygen atoms in total. The molecule has 1 aromatic rings. The highest BCUT2D eigenvalue weighted by Gasteiger charge is 2.75. The number of anilines is 2. The predicted octanol–water partition coefficient (Wildman–Crippen LogP) is 1.33. The fourth-order valence-electron chi connectivity index (χ4n) is 0.868. The van der Waals surface area contributed by atoms with Crippen LogP contribution in [0.4, 0.5) is 42.6 Å². The first-order valence-corrected chi connectivity index (χ1v) is 3.99. The van der Waals surface area contributed by atoms with Gasteiger partial charge in [-0.15, -0.1) is 0 Å². The van der Waals surface area contributed by atoms with Crippen LogP contribution < -0.4 is 11.5 Å². The van der Waals surface area contributed by atoms with Gasteiger partial charge in [-0.25, -0.2) is 0 Å². The van der Waals surface area contributed by atoms with Crippen LogP contribution in [0.1, 0.15) is 5.82 Å². The van der Waals surface area contributed by atoms with Gasteiger partial charge in [-0.05, 0) is 0 Å². The summed E-state index contributed by atoms with van der Waals surface area (Å²) >= 11 is 0. The summed E-state index contributed by atoms with van der Waals surface area (Å²) in [5.74, 6) is -16.3. The average Bonchev–Trinajstić information content (AvgIpc) is 2.13. The maximum absolute atomic E-state index is 13.1. The number of hydrogen-bond donors (Lipinski definition) is 2. The van der Waals surface area contributed by atoms with Crippen molar-refractivity contribution in [3.63, 3.8) is 0 Å². The maximum Gasteiger partial charge on any atom is 0.460 e. The van der Waals surface area contributed by atoms with Gasteiger partial charge in [0.25, 0.3) is 0 Å². The topological polar surface area (TPSA) is 90.7 Å². The summed E-state index contributed by atoms with van der Waals surface area (Å²) in [6.07, 6.45) is -6.49. The van der Waals surface area contributed by atoms with Gasteiger partial charge in [0.15, 0.2) is 0 Å². The maximum atomic E-state index is 13.1. The second kappa shape index (κ2) is 3.81. The second-order valence-electron chi connectivity index (χ2n) is 3.02. The highest BCUT2D eigenvalue weighted by molar-refractivity contribution is 5.28. The number of hydrogen-bond acceptors (Lipinski definition) is 5. The normalized spacial score (nSPS) is 13.7. The van der Waals surface area contributed by atoms with Gasteiger partial charge in [0.2, 0.25) is 17.7 Å². The summed E-state index contributed by atoms with van der Waals surface area (Å²) in [5, 5.41) is 0. The Morgan fingerprint density at radius 3 is 1.44 bits per heavy atom. The number of nitrogens with two attached hydrogens (primary N) is 2. The molecule has 1 rings (SSSR count). The molecular formula is C6H4F7N5. The van der Waals surface area contributed by atoms with E-state index in [9.17, 15) is 30.7 Å². The largest absolute Gasteiger partial charge is 0.460 e. The van der Waals surface area contributed by atoms with E-state index in [0.717, 1.165) is 0 Å². The standard InChI is InChI=1S/C6H4F7N5/c7-4(8,5(9,10)6(11,12)13)1-16-2(14)18-3(15)17-1/h(H4,14,15,16,17,18). The van der Waals surface area contributed by atoms with Crippen LogP contribution in [-0.2, 0) is 5.92 Å². The lowest BCUT2D eigenvalue weighted by atomic mass is 10.1. The average molecular weight is 279 g/mol. The molecule has 12 heteroatoms. The summed E-state index contributed by atoms with van der Waals surface area (Å²) in [6.45, 7) is 0. The van der Waals surface area contributed by atoms with E-state index in [2.05, 4.69) is 15.0 Å². The molecule has 0 unspecified atom stereocenters. The molecule has 18 heavy (non-hydrogen) atoms. The first-order chi connectivity index (χ1) is 7.89. The molecule has 0 saturated carbocycles. The van der Waals surface area contributed by atoms with Crippen molar-refractivity contribution in [1.29, 1.82) is 0 Å². The van der Waals surface area contributed by atoms with E-state index in [1.165, 1.54) is 0 Å². The Bertz CT molecular complexity index is 436. The second-order valence-corrected chi connectivity index (χ2v) is 3.02. The van der Waals surface area contributed by atoms with Crippen LogP contribution in [0.3, 0.4) is 0 Å². The lowest BCUT2D eigenvalue weighted by molar-refractivity contribution is -0.361. The third kappa shape index (κ3) is 2.09. The zero-order chi connectivity index (χ0) is 14.4. The van der Waals surface area contributed by atoms with Crippen LogP contribution in [0.15, 0.2) is 0 Å². The van der Waals surface area contributed by atoms with Gasteiger partial charge in [-0.1, -0.05) is 0 Å². The molecule has 0 radical (unpaired) electrons. The van der Waals surface area contributed by atoms with Crippen molar-refractivity contribution >= 4 is 11.9 Å². The van der Waals surface area contributed by atoms with Gasteiger partial charge in [0, 0.05) is 0 Å². The molecule has 0 spiro atoms. The molecule has 0 amide bonds. The first-order valence-electron chi connectivity index (χ1n) is 3.99. The highest BCUT2D eigenvalue weighted by atomic mass is 19.4. The predicted molar refractivity (Wildman–Crippen MR) is 43.5 cm³/mol. The van der Waals surface area contributed by atoms with Gasteiger partial charge in [-0.3, -0.25) is 0 Å². The highest BCUT2D eigenvalue weighted by Crippen LogP contribution is 2.50. The van der Waals surface area contributed by atoms with E-state index in [0.29, 0.717) is 0 Å². The minimum Gasteiger partial charge on any atom is -0.368 e. The van der Waals surface area contributed by atoms with E-state index >= 15 is 0 Å². The van der Waals surface area contributed by atoms with Crippen LogP contribution in [0.2, 0.25) is 0 Å². The smallest absolute Gasteiger partial charge is 0.368 e. The van der Waals surface area contributed by atoms with Crippen molar-refractivity contribution in [2.75, 3.05) is 11.5 Å². The summed E-state index contributed by atoms with van der Waals surface area (Å²) in [5.41, 5.74) is 9.61. The number of nitrogen functional groups attached to an aromatic ring is 2.